The van der Waals surface area contributed by atoms with Crippen LogP contribution in [0.3, 0.4) is 0 Å². The van der Waals surface area contributed by atoms with E-state index in [4.69, 9.17) is 18.6 Å². The summed E-state index contributed by atoms with van der Waals surface area (Å²) in [5, 5.41) is -0.0559. The second kappa shape index (κ2) is 11.7. The molecule has 4 rings (SSSR count). The molecule has 0 saturated heterocycles. The molecule has 0 aromatic heterocycles. The number of methoxy groups -OCH3 is 2. The van der Waals surface area contributed by atoms with Crippen molar-refractivity contribution in [3.8, 4) is 17.2 Å². The van der Waals surface area contributed by atoms with Crippen LogP contribution in [0.1, 0.15) is 68.4 Å². The van der Waals surface area contributed by atoms with Gasteiger partial charge in [-0.25, -0.2) is 0 Å². The Hall–Kier alpha value is -2.59. The van der Waals surface area contributed by atoms with E-state index in [1.54, 1.807) is 14.2 Å². The molecule has 0 radical (unpaired) electrons. The predicted octanol–water partition coefficient (Wildman–Crippen LogP) is 8.97. The summed E-state index contributed by atoms with van der Waals surface area (Å²) in [6, 6.07) is 21.2. The van der Waals surface area contributed by atoms with Crippen LogP contribution in [0.4, 0.5) is 0 Å². The van der Waals surface area contributed by atoms with Crippen LogP contribution in [-0.2, 0) is 16.8 Å². The second-order valence-corrected chi connectivity index (χ2v) is 24.0. The van der Waals surface area contributed by atoms with Crippen molar-refractivity contribution in [3.63, 3.8) is 0 Å². The third kappa shape index (κ3) is 6.19. The summed E-state index contributed by atoms with van der Waals surface area (Å²) in [7, 11) is -0.901. The monoisotopic (exact) mass is 620 g/mol. The fourth-order valence-electron chi connectivity index (χ4n) is 5.65. The van der Waals surface area contributed by atoms with Crippen molar-refractivity contribution in [1.82, 2.24) is 0 Å². The summed E-state index contributed by atoms with van der Waals surface area (Å²) in [4.78, 5) is 10.9. The molecule has 1 aliphatic heterocycles. The largest absolute Gasteiger partial charge is 0.543 e. The summed E-state index contributed by atoms with van der Waals surface area (Å²) < 4.78 is 25.6. The standard InChI is InChI=1S/C36H52O5Si2/c1-25-32(41-43(11,12)34(2,3)4)22-21-30-33(25)40-24-31(36(30,39-8)28-17-19-29(38-7)20-18-28)27-15-13-26(14-16-27)23-35(5,6)42(9,10)37/h13-22,31,37H,23-24H2,1-12H3. The number of hydrogen-bond donors (Lipinski definition) is 1. The van der Waals surface area contributed by atoms with E-state index in [0.29, 0.717) is 6.61 Å². The lowest BCUT2D eigenvalue weighted by molar-refractivity contribution is -0.0307. The Kier molecular flexibility index (Phi) is 9.09. The van der Waals surface area contributed by atoms with E-state index >= 15 is 0 Å². The zero-order valence-electron chi connectivity index (χ0n) is 28.3. The molecule has 0 fully saturated rings. The Morgan fingerprint density at radius 3 is 2.00 bits per heavy atom. The first-order chi connectivity index (χ1) is 19.9. The number of hydrogen-bond acceptors (Lipinski definition) is 5. The van der Waals surface area contributed by atoms with Crippen molar-refractivity contribution >= 4 is 16.6 Å². The van der Waals surface area contributed by atoms with Gasteiger partial charge in [-0.3, -0.25) is 0 Å². The van der Waals surface area contributed by atoms with Gasteiger partial charge in [0.25, 0.3) is 0 Å². The minimum absolute atomic E-state index is 0.0805. The normalized spacial score (nSPS) is 19.4. The molecular formula is C36H52O5Si2. The van der Waals surface area contributed by atoms with Gasteiger partial charge < -0.3 is 23.4 Å². The Morgan fingerprint density at radius 1 is 0.884 bits per heavy atom. The molecule has 1 N–H and O–H groups in total. The fraction of sp³-hybridized carbons (Fsp3) is 0.500. The molecule has 2 atom stereocenters. The van der Waals surface area contributed by atoms with Gasteiger partial charge in [0.1, 0.15) is 22.8 Å². The van der Waals surface area contributed by atoms with Crippen molar-refractivity contribution in [1.29, 1.82) is 0 Å². The highest BCUT2D eigenvalue weighted by molar-refractivity contribution is 6.74. The molecule has 0 aliphatic carbocycles. The molecule has 1 aliphatic rings. The molecule has 0 spiro atoms. The molecule has 0 bridgehead atoms. The lowest BCUT2D eigenvalue weighted by atomic mass is 9.71. The van der Waals surface area contributed by atoms with Gasteiger partial charge in [0.05, 0.1) is 19.6 Å². The van der Waals surface area contributed by atoms with Crippen LogP contribution in [-0.4, -0.2) is 42.3 Å². The topological polar surface area (TPSA) is 57.2 Å². The van der Waals surface area contributed by atoms with Gasteiger partial charge >= 0.3 is 0 Å². The maximum Gasteiger partial charge on any atom is 0.250 e. The van der Waals surface area contributed by atoms with E-state index in [1.165, 1.54) is 5.56 Å². The van der Waals surface area contributed by atoms with E-state index in [9.17, 15) is 4.80 Å². The van der Waals surface area contributed by atoms with Crippen LogP contribution in [0.15, 0.2) is 60.7 Å². The maximum absolute atomic E-state index is 10.9. The Bertz CT molecular complexity index is 1420. The van der Waals surface area contributed by atoms with E-state index in [-0.39, 0.29) is 16.0 Å². The molecule has 7 heteroatoms. The van der Waals surface area contributed by atoms with E-state index < -0.39 is 22.2 Å². The number of benzene rings is 3. The minimum atomic E-state index is -2.33. The zero-order chi connectivity index (χ0) is 32.0. The number of fused-ring (bicyclic) bond motifs is 1. The van der Waals surface area contributed by atoms with Gasteiger partial charge in [0.2, 0.25) is 8.32 Å². The van der Waals surface area contributed by atoms with E-state index in [1.807, 2.05) is 25.2 Å². The highest BCUT2D eigenvalue weighted by atomic mass is 28.4. The first kappa shape index (κ1) is 33.3. The lowest BCUT2D eigenvalue weighted by Crippen LogP contribution is -2.45. The second-order valence-electron chi connectivity index (χ2n) is 14.8. The predicted molar refractivity (Wildman–Crippen MR) is 182 cm³/mol. The summed E-state index contributed by atoms with van der Waals surface area (Å²) in [5.41, 5.74) is 4.61. The van der Waals surface area contributed by atoms with E-state index in [0.717, 1.165) is 45.9 Å². The summed E-state index contributed by atoms with van der Waals surface area (Å²) in [5.74, 6) is 2.41. The molecular weight excluding hydrogens is 569 g/mol. The minimum Gasteiger partial charge on any atom is -0.543 e. The third-order valence-corrected chi connectivity index (χ3v) is 18.2. The van der Waals surface area contributed by atoms with Gasteiger partial charge in [-0.2, -0.15) is 0 Å². The van der Waals surface area contributed by atoms with Gasteiger partial charge in [-0.05, 0) is 90.6 Å². The summed E-state index contributed by atoms with van der Waals surface area (Å²) in [6.07, 6.45) is 0.830. The Labute approximate surface area is 261 Å². The Morgan fingerprint density at radius 2 is 1.49 bits per heavy atom. The molecule has 0 saturated carbocycles. The zero-order valence-corrected chi connectivity index (χ0v) is 30.3. The highest BCUT2D eigenvalue weighted by Crippen LogP contribution is 2.54. The molecule has 1 heterocycles. The van der Waals surface area contributed by atoms with Crippen LogP contribution in [0.2, 0.25) is 36.3 Å². The third-order valence-electron chi connectivity index (χ3n) is 10.3. The van der Waals surface area contributed by atoms with Gasteiger partial charge in [0, 0.05) is 18.2 Å². The highest BCUT2D eigenvalue weighted by Gasteiger charge is 2.50. The first-order valence-corrected chi connectivity index (χ1v) is 21.2. The van der Waals surface area contributed by atoms with E-state index in [2.05, 4.69) is 103 Å². The van der Waals surface area contributed by atoms with Crippen LogP contribution < -0.4 is 13.9 Å². The maximum atomic E-state index is 10.9. The Balaban J connectivity index is 1.83. The van der Waals surface area contributed by atoms with Crippen molar-refractivity contribution in [2.75, 3.05) is 20.8 Å². The first-order valence-electron chi connectivity index (χ1n) is 15.3. The van der Waals surface area contributed by atoms with Gasteiger partial charge in [-0.1, -0.05) is 71.0 Å². The number of ether oxygens (including phenoxy) is 3. The van der Waals surface area contributed by atoms with Crippen LogP contribution in [0.25, 0.3) is 0 Å². The van der Waals surface area contributed by atoms with Gasteiger partial charge in [-0.15, -0.1) is 0 Å². The molecule has 0 amide bonds. The van der Waals surface area contributed by atoms with Crippen molar-refractivity contribution < 1.29 is 23.4 Å². The lowest BCUT2D eigenvalue weighted by Gasteiger charge is -2.45. The van der Waals surface area contributed by atoms with Crippen molar-refractivity contribution in [2.45, 2.75) is 95.7 Å². The van der Waals surface area contributed by atoms with Crippen LogP contribution in [0, 0.1) is 6.92 Å². The van der Waals surface area contributed by atoms with Gasteiger partial charge in [0.15, 0.2) is 8.32 Å². The average molecular weight is 621 g/mol. The molecule has 2 unspecified atom stereocenters. The smallest absolute Gasteiger partial charge is 0.250 e. The van der Waals surface area contributed by atoms with Crippen molar-refractivity contribution in [3.05, 3.63) is 88.5 Å². The molecule has 43 heavy (non-hydrogen) atoms. The quantitative estimate of drug-likeness (QED) is 0.242. The van der Waals surface area contributed by atoms with Crippen LogP contribution >= 0.6 is 0 Å². The SMILES string of the molecule is COc1ccc(C2(OC)c3ccc(O[Si](C)(C)C(C)(C)C)c(C)c3OCC2c2ccc(CC(C)(C)[Si](C)(C)O)cc2)cc1. The van der Waals surface area contributed by atoms with Crippen LogP contribution in [0.5, 0.6) is 17.2 Å². The molecule has 3 aromatic rings. The summed E-state index contributed by atoms with van der Waals surface area (Å²) >= 11 is 0. The molecule has 234 valence electrons. The summed E-state index contributed by atoms with van der Waals surface area (Å²) in [6.45, 7) is 22.2. The van der Waals surface area contributed by atoms with Crippen molar-refractivity contribution in [2.24, 2.45) is 0 Å². The average Bonchev–Trinajstić information content (AvgIpc) is 2.93. The fourth-order valence-corrected chi connectivity index (χ4v) is 7.37. The molecule has 5 nitrogen and oxygen atoms in total. The number of rotatable bonds is 9. The molecule has 3 aromatic carbocycles.